The van der Waals surface area contributed by atoms with Crippen LogP contribution in [0, 0.1) is 0 Å². The molecule has 1 unspecified atom stereocenters. The molecule has 0 bridgehead atoms. The van der Waals surface area contributed by atoms with Crippen molar-refractivity contribution in [3.63, 3.8) is 0 Å². The van der Waals surface area contributed by atoms with Crippen LogP contribution in [-0.4, -0.2) is 41.7 Å². The Labute approximate surface area is 94.3 Å². The maximum Gasteiger partial charge on any atom is 0.161 e. The first kappa shape index (κ1) is 12.8. The Kier molecular flexibility index (Phi) is 5.04. The van der Waals surface area contributed by atoms with Crippen LogP contribution in [-0.2, 0) is 11.3 Å². The quantitative estimate of drug-likeness (QED) is 0.522. The molecular formula is C11H17NO4. The molecule has 0 amide bonds. The van der Waals surface area contributed by atoms with Gasteiger partial charge in [0.05, 0.1) is 12.7 Å². The summed E-state index contributed by atoms with van der Waals surface area (Å²) in [6, 6.07) is 4.76. The SMILES string of the molecule is COCC(O)CNCc1cccc(O)c1O. The fourth-order valence-electron chi connectivity index (χ4n) is 1.35. The Bertz CT molecular complexity index is 330. The zero-order valence-electron chi connectivity index (χ0n) is 9.18. The summed E-state index contributed by atoms with van der Waals surface area (Å²) in [6.07, 6.45) is -0.579. The minimum absolute atomic E-state index is 0.128. The Morgan fingerprint density at radius 1 is 1.38 bits per heavy atom. The fraction of sp³-hybridized carbons (Fsp3) is 0.455. The van der Waals surface area contributed by atoms with Crippen molar-refractivity contribution in [1.29, 1.82) is 0 Å². The van der Waals surface area contributed by atoms with Gasteiger partial charge in [0.1, 0.15) is 0 Å². The highest BCUT2D eigenvalue weighted by molar-refractivity contribution is 5.44. The molecule has 5 heteroatoms. The highest BCUT2D eigenvalue weighted by atomic mass is 16.5. The molecule has 1 aromatic rings. The van der Waals surface area contributed by atoms with E-state index in [1.54, 1.807) is 12.1 Å². The van der Waals surface area contributed by atoms with E-state index in [0.29, 0.717) is 18.7 Å². The molecule has 0 aromatic heterocycles. The fourth-order valence-corrected chi connectivity index (χ4v) is 1.35. The molecule has 5 nitrogen and oxygen atoms in total. The number of aliphatic hydroxyl groups is 1. The third kappa shape index (κ3) is 3.69. The first-order valence-corrected chi connectivity index (χ1v) is 5.02. The van der Waals surface area contributed by atoms with E-state index in [1.165, 1.54) is 13.2 Å². The van der Waals surface area contributed by atoms with Gasteiger partial charge in [0, 0.05) is 25.8 Å². The number of aromatic hydroxyl groups is 2. The number of benzene rings is 1. The molecule has 1 rings (SSSR count). The lowest BCUT2D eigenvalue weighted by atomic mass is 10.2. The highest BCUT2D eigenvalue weighted by Gasteiger charge is 2.06. The van der Waals surface area contributed by atoms with Crippen LogP contribution in [0.3, 0.4) is 0 Å². The average Bonchev–Trinajstić information content (AvgIpc) is 2.25. The maximum absolute atomic E-state index is 9.49. The minimum atomic E-state index is -0.579. The summed E-state index contributed by atoms with van der Waals surface area (Å²) in [7, 11) is 1.52. The number of ether oxygens (including phenoxy) is 1. The van der Waals surface area contributed by atoms with Crippen molar-refractivity contribution in [2.75, 3.05) is 20.3 Å². The van der Waals surface area contributed by atoms with Crippen LogP contribution in [0.5, 0.6) is 11.5 Å². The standard InChI is InChI=1S/C11H17NO4/c1-16-7-9(13)6-12-5-8-3-2-4-10(14)11(8)15/h2-4,9,12-15H,5-7H2,1H3. The summed E-state index contributed by atoms with van der Waals surface area (Å²) < 4.78 is 4.77. The number of hydrogen-bond donors (Lipinski definition) is 4. The Morgan fingerprint density at radius 2 is 2.12 bits per heavy atom. The molecule has 0 spiro atoms. The number of para-hydroxylation sites is 1. The summed E-state index contributed by atoms with van der Waals surface area (Å²) >= 11 is 0. The molecule has 1 atom stereocenters. The number of hydrogen-bond acceptors (Lipinski definition) is 5. The van der Waals surface area contributed by atoms with Gasteiger partial charge in [-0.3, -0.25) is 0 Å². The lowest BCUT2D eigenvalue weighted by Gasteiger charge is -2.11. The number of phenols is 2. The smallest absolute Gasteiger partial charge is 0.161 e. The molecule has 90 valence electrons. The van der Waals surface area contributed by atoms with E-state index in [-0.39, 0.29) is 18.1 Å². The van der Waals surface area contributed by atoms with Gasteiger partial charge in [0.25, 0.3) is 0 Å². The van der Waals surface area contributed by atoms with Crippen LogP contribution in [0.4, 0.5) is 0 Å². The van der Waals surface area contributed by atoms with E-state index in [0.717, 1.165) is 0 Å². The van der Waals surface area contributed by atoms with Gasteiger partial charge >= 0.3 is 0 Å². The van der Waals surface area contributed by atoms with Crippen LogP contribution in [0.1, 0.15) is 5.56 Å². The first-order chi connectivity index (χ1) is 7.65. The van der Waals surface area contributed by atoms with E-state index >= 15 is 0 Å². The molecule has 0 saturated carbocycles. The van der Waals surface area contributed by atoms with Crippen molar-refractivity contribution in [3.8, 4) is 11.5 Å². The molecule has 0 aliphatic rings. The molecule has 16 heavy (non-hydrogen) atoms. The predicted molar refractivity (Wildman–Crippen MR) is 59.4 cm³/mol. The summed E-state index contributed by atoms with van der Waals surface area (Å²) in [5.74, 6) is -0.270. The Morgan fingerprint density at radius 3 is 2.81 bits per heavy atom. The predicted octanol–water partition coefficient (Wildman–Crippen LogP) is 0.195. The van der Waals surface area contributed by atoms with Crippen molar-refractivity contribution in [3.05, 3.63) is 23.8 Å². The molecule has 0 radical (unpaired) electrons. The van der Waals surface area contributed by atoms with Crippen LogP contribution in [0.25, 0.3) is 0 Å². The maximum atomic E-state index is 9.49. The van der Waals surface area contributed by atoms with Crippen molar-refractivity contribution in [2.45, 2.75) is 12.6 Å². The Hall–Kier alpha value is -1.30. The van der Waals surface area contributed by atoms with Gasteiger partial charge < -0.3 is 25.4 Å². The lowest BCUT2D eigenvalue weighted by Crippen LogP contribution is -2.29. The van der Waals surface area contributed by atoms with Crippen LogP contribution in [0.2, 0.25) is 0 Å². The second-order valence-electron chi connectivity index (χ2n) is 3.52. The van der Waals surface area contributed by atoms with Crippen LogP contribution < -0.4 is 5.32 Å². The third-order valence-electron chi connectivity index (χ3n) is 2.15. The second kappa shape index (κ2) is 6.32. The number of nitrogens with one attached hydrogen (secondary N) is 1. The van der Waals surface area contributed by atoms with Crippen LogP contribution >= 0.6 is 0 Å². The van der Waals surface area contributed by atoms with Crippen molar-refractivity contribution < 1.29 is 20.1 Å². The highest BCUT2D eigenvalue weighted by Crippen LogP contribution is 2.27. The van der Waals surface area contributed by atoms with Gasteiger partial charge in [-0.05, 0) is 6.07 Å². The summed E-state index contributed by atoms with van der Waals surface area (Å²) in [5.41, 5.74) is 0.588. The van der Waals surface area contributed by atoms with Crippen LogP contribution in [0.15, 0.2) is 18.2 Å². The molecular weight excluding hydrogens is 210 g/mol. The average molecular weight is 227 g/mol. The van der Waals surface area contributed by atoms with Gasteiger partial charge in [0.15, 0.2) is 11.5 Å². The largest absolute Gasteiger partial charge is 0.504 e. The van der Waals surface area contributed by atoms with Gasteiger partial charge in [-0.1, -0.05) is 12.1 Å². The number of phenolic OH excluding ortho intramolecular Hbond substituents is 2. The molecule has 1 aromatic carbocycles. The van der Waals surface area contributed by atoms with E-state index < -0.39 is 6.10 Å². The number of rotatable bonds is 6. The molecule has 0 aliphatic heterocycles. The molecule has 0 saturated heterocycles. The zero-order chi connectivity index (χ0) is 12.0. The minimum Gasteiger partial charge on any atom is -0.504 e. The topological polar surface area (TPSA) is 82.0 Å². The first-order valence-electron chi connectivity index (χ1n) is 5.02. The molecule has 4 N–H and O–H groups in total. The second-order valence-corrected chi connectivity index (χ2v) is 3.52. The van der Waals surface area contributed by atoms with E-state index in [1.807, 2.05) is 0 Å². The zero-order valence-corrected chi connectivity index (χ0v) is 9.18. The van der Waals surface area contributed by atoms with Gasteiger partial charge in [-0.15, -0.1) is 0 Å². The molecule has 0 aliphatic carbocycles. The van der Waals surface area contributed by atoms with Gasteiger partial charge in [0.2, 0.25) is 0 Å². The number of aliphatic hydroxyl groups excluding tert-OH is 1. The van der Waals surface area contributed by atoms with E-state index in [4.69, 9.17) is 4.74 Å². The lowest BCUT2D eigenvalue weighted by molar-refractivity contribution is 0.0644. The normalized spacial score (nSPS) is 12.6. The van der Waals surface area contributed by atoms with Crippen molar-refractivity contribution >= 4 is 0 Å². The van der Waals surface area contributed by atoms with E-state index in [2.05, 4.69) is 5.32 Å². The molecule has 0 heterocycles. The van der Waals surface area contributed by atoms with Crippen molar-refractivity contribution in [2.24, 2.45) is 0 Å². The van der Waals surface area contributed by atoms with Gasteiger partial charge in [-0.2, -0.15) is 0 Å². The third-order valence-corrected chi connectivity index (χ3v) is 2.15. The van der Waals surface area contributed by atoms with E-state index in [9.17, 15) is 15.3 Å². The molecule has 0 fully saturated rings. The Balaban J connectivity index is 2.40. The summed E-state index contributed by atoms with van der Waals surface area (Å²) in [5, 5.41) is 31.0. The monoisotopic (exact) mass is 227 g/mol. The van der Waals surface area contributed by atoms with Gasteiger partial charge in [-0.25, -0.2) is 0 Å². The van der Waals surface area contributed by atoms with Crippen molar-refractivity contribution in [1.82, 2.24) is 5.32 Å². The summed E-state index contributed by atoms with van der Waals surface area (Å²) in [6.45, 7) is 1.00. The summed E-state index contributed by atoms with van der Waals surface area (Å²) in [4.78, 5) is 0. The number of methoxy groups -OCH3 is 1.